The second-order valence-electron chi connectivity index (χ2n) is 3.97. The van der Waals surface area contributed by atoms with Crippen molar-refractivity contribution in [1.29, 1.82) is 0 Å². The van der Waals surface area contributed by atoms with E-state index in [9.17, 15) is 8.42 Å². The van der Waals surface area contributed by atoms with Crippen LogP contribution in [0.5, 0.6) is 0 Å². The number of hydrogen-bond acceptors (Lipinski definition) is 4. The van der Waals surface area contributed by atoms with Crippen LogP contribution in [0.4, 0.5) is 0 Å². The highest BCUT2D eigenvalue weighted by Gasteiger charge is 2.33. The Hall–Kier alpha value is -0.820. The summed E-state index contributed by atoms with van der Waals surface area (Å²) in [6.45, 7) is 2.05. The van der Waals surface area contributed by atoms with E-state index in [4.69, 9.17) is 10.9 Å². The first-order valence-electron chi connectivity index (χ1n) is 5.47. The molecule has 0 atom stereocenters. The normalized spacial score (nSPS) is 19.5. The lowest BCUT2D eigenvalue weighted by Gasteiger charge is -2.23. The first kappa shape index (κ1) is 13.2. The Balaban J connectivity index is 2.77. The van der Waals surface area contributed by atoms with Crippen LogP contribution in [0.1, 0.15) is 32.6 Å². The molecule has 1 fully saturated rings. The number of nitrogens with two attached hydrogens (primary N) is 1. The largest absolute Gasteiger partial charge is 0.409 e. The predicted molar refractivity (Wildman–Crippen MR) is 61.8 cm³/mol. The lowest BCUT2D eigenvalue weighted by atomic mass is 10.4. The summed E-state index contributed by atoms with van der Waals surface area (Å²) < 4.78 is 25.6. The van der Waals surface area contributed by atoms with Gasteiger partial charge in [0.15, 0.2) is 5.84 Å². The first-order chi connectivity index (χ1) is 7.52. The summed E-state index contributed by atoms with van der Waals surface area (Å²) in [5.41, 5.74) is 5.34. The maximum Gasteiger partial charge on any atom is 0.217 e. The molecule has 0 amide bonds. The monoisotopic (exact) mass is 249 g/mol. The van der Waals surface area contributed by atoms with E-state index < -0.39 is 10.0 Å². The molecule has 0 radical (unpaired) electrons. The average Bonchev–Trinajstić information content (AvgIpc) is 2.78. The maximum absolute atomic E-state index is 12.1. The maximum atomic E-state index is 12.1. The number of amidine groups is 1. The van der Waals surface area contributed by atoms with Crippen LogP contribution in [-0.2, 0) is 10.0 Å². The minimum Gasteiger partial charge on any atom is -0.409 e. The summed E-state index contributed by atoms with van der Waals surface area (Å²) in [7, 11) is -3.29. The summed E-state index contributed by atoms with van der Waals surface area (Å²) in [5, 5.41) is 11.0. The van der Waals surface area contributed by atoms with Crippen molar-refractivity contribution in [1.82, 2.24) is 4.31 Å². The fourth-order valence-corrected chi connectivity index (χ4v) is 4.01. The van der Waals surface area contributed by atoms with Gasteiger partial charge < -0.3 is 10.9 Å². The molecule has 16 heavy (non-hydrogen) atoms. The van der Waals surface area contributed by atoms with Crippen molar-refractivity contribution in [3.8, 4) is 0 Å². The summed E-state index contributed by atoms with van der Waals surface area (Å²) in [4.78, 5) is 0. The number of nitrogens with zero attached hydrogens (tertiary/aromatic N) is 2. The zero-order valence-corrected chi connectivity index (χ0v) is 10.3. The molecule has 0 heterocycles. The van der Waals surface area contributed by atoms with Gasteiger partial charge in [-0.1, -0.05) is 24.9 Å². The first-order valence-corrected chi connectivity index (χ1v) is 6.98. The number of oxime groups is 1. The molecule has 0 aromatic heterocycles. The van der Waals surface area contributed by atoms with Crippen LogP contribution >= 0.6 is 0 Å². The van der Waals surface area contributed by atoms with Crippen LogP contribution in [0.15, 0.2) is 5.16 Å². The molecular weight excluding hydrogens is 230 g/mol. The Labute approximate surface area is 96.2 Å². The molecule has 0 saturated heterocycles. The second-order valence-corrected chi connectivity index (χ2v) is 6.18. The number of hydrogen-bond donors (Lipinski definition) is 2. The number of sulfonamides is 1. The lowest BCUT2D eigenvalue weighted by Crippen LogP contribution is -2.42. The van der Waals surface area contributed by atoms with Gasteiger partial charge in [0.25, 0.3) is 0 Å². The Bertz CT molecular complexity index is 347. The molecule has 1 saturated carbocycles. The van der Waals surface area contributed by atoms with E-state index in [1.165, 1.54) is 4.31 Å². The van der Waals surface area contributed by atoms with E-state index in [0.29, 0.717) is 6.54 Å². The van der Waals surface area contributed by atoms with Crippen molar-refractivity contribution in [3.63, 3.8) is 0 Å². The zero-order valence-electron chi connectivity index (χ0n) is 9.46. The zero-order chi connectivity index (χ0) is 12.2. The molecule has 0 spiro atoms. The van der Waals surface area contributed by atoms with Crippen LogP contribution in [0.25, 0.3) is 0 Å². The van der Waals surface area contributed by atoms with Gasteiger partial charge in [-0.15, -0.1) is 0 Å². The quantitative estimate of drug-likeness (QED) is 0.317. The van der Waals surface area contributed by atoms with Gasteiger partial charge in [0.05, 0.1) is 11.8 Å². The number of likely N-dealkylation sites (N-methyl/N-ethyl adjacent to an activating group) is 1. The average molecular weight is 249 g/mol. The molecule has 0 aromatic rings. The van der Waals surface area contributed by atoms with Crippen LogP contribution in [-0.4, -0.2) is 42.1 Å². The van der Waals surface area contributed by atoms with E-state index >= 15 is 0 Å². The minimum absolute atomic E-state index is 0.0359. The summed E-state index contributed by atoms with van der Waals surface area (Å²) in [6.07, 6.45) is 3.36. The van der Waals surface area contributed by atoms with E-state index in [1.807, 2.05) is 0 Å². The van der Waals surface area contributed by atoms with Crippen molar-refractivity contribution in [2.24, 2.45) is 10.9 Å². The van der Waals surface area contributed by atoms with Gasteiger partial charge in [0.2, 0.25) is 10.0 Å². The molecule has 3 N–H and O–H groups in total. The van der Waals surface area contributed by atoms with Gasteiger partial charge in [-0.05, 0) is 12.8 Å². The Kier molecular flexibility index (Phi) is 4.55. The third kappa shape index (κ3) is 2.85. The van der Waals surface area contributed by atoms with E-state index in [2.05, 4.69) is 5.16 Å². The van der Waals surface area contributed by atoms with E-state index in [1.54, 1.807) is 6.92 Å². The molecule has 1 aliphatic carbocycles. The summed E-state index contributed by atoms with van der Waals surface area (Å²) in [6, 6.07) is 0. The fraction of sp³-hybridized carbons (Fsp3) is 0.889. The summed E-state index contributed by atoms with van der Waals surface area (Å²) in [5.74, 6) is -0.0802. The third-order valence-corrected chi connectivity index (χ3v) is 5.32. The van der Waals surface area contributed by atoms with Crippen LogP contribution in [0.2, 0.25) is 0 Å². The standard InChI is InChI=1S/C9H19N3O3S/c1-2-12(7-9(10)11-13)16(14,15)8-5-3-4-6-8/h8,13H,2-7H2,1H3,(H2,10,11). The molecule has 94 valence electrons. The Morgan fingerprint density at radius 1 is 1.50 bits per heavy atom. The van der Waals surface area contributed by atoms with E-state index in [0.717, 1.165) is 25.7 Å². The van der Waals surface area contributed by atoms with Crippen molar-refractivity contribution in [2.75, 3.05) is 13.1 Å². The van der Waals surface area contributed by atoms with Gasteiger partial charge in [0, 0.05) is 6.54 Å². The third-order valence-electron chi connectivity index (χ3n) is 2.90. The smallest absolute Gasteiger partial charge is 0.217 e. The molecule has 0 aromatic carbocycles. The van der Waals surface area contributed by atoms with Crippen molar-refractivity contribution < 1.29 is 13.6 Å². The molecule has 1 aliphatic rings. The fourth-order valence-electron chi connectivity index (χ4n) is 1.99. The Morgan fingerprint density at radius 3 is 2.50 bits per heavy atom. The topological polar surface area (TPSA) is 96.0 Å². The van der Waals surface area contributed by atoms with Crippen molar-refractivity contribution in [3.05, 3.63) is 0 Å². The molecule has 1 rings (SSSR count). The molecule has 0 aliphatic heterocycles. The SMILES string of the molecule is CCN(CC(N)=NO)S(=O)(=O)C1CCCC1. The van der Waals surface area contributed by atoms with Crippen LogP contribution in [0, 0.1) is 0 Å². The van der Waals surface area contributed by atoms with Crippen LogP contribution < -0.4 is 5.73 Å². The summed E-state index contributed by atoms with van der Waals surface area (Å²) >= 11 is 0. The van der Waals surface area contributed by atoms with Gasteiger partial charge in [-0.25, -0.2) is 8.42 Å². The van der Waals surface area contributed by atoms with Crippen molar-refractivity contribution >= 4 is 15.9 Å². The highest BCUT2D eigenvalue weighted by atomic mass is 32.2. The Morgan fingerprint density at radius 2 is 2.06 bits per heavy atom. The predicted octanol–water partition coefficient (Wildman–Crippen LogP) is 0.327. The number of rotatable bonds is 5. The van der Waals surface area contributed by atoms with Gasteiger partial charge >= 0.3 is 0 Å². The molecule has 6 nitrogen and oxygen atoms in total. The van der Waals surface area contributed by atoms with Gasteiger partial charge in [-0.3, -0.25) is 0 Å². The van der Waals surface area contributed by atoms with E-state index in [-0.39, 0.29) is 17.6 Å². The molecule has 0 unspecified atom stereocenters. The highest BCUT2D eigenvalue weighted by molar-refractivity contribution is 7.89. The van der Waals surface area contributed by atoms with Crippen LogP contribution in [0.3, 0.4) is 0 Å². The minimum atomic E-state index is -3.29. The van der Waals surface area contributed by atoms with Gasteiger partial charge in [-0.2, -0.15) is 4.31 Å². The highest BCUT2D eigenvalue weighted by Crippen LogP contribution is 2.26. The van der Waals surface area contributed by atoms with Crippen molar-refractivity contribution in [2.45, 2.75) is 37.9 Å². The second kappa shape index (κ2) is 5.49. The lowest BCUT2D eigenvalue weighted by molar-refractivity contribution is 0.315. The molecular formula is C9H19N3O3S. The molecule has 7 heteroatoms. The molecule has 0 bridgehead atoms. The van der Waals surface area contributed by atoms with Gasteiger partial charge in [0.1, 0.15) is 0 Å².